The van der Waals surface area contributed by atoms with Gasteiger partial charge in [-0.2, -0.15) is 5.26 Å². The number of rotatable bonds is 6. The van der Waals surface area contributed by atoms with E-state index in [1.165, 1.54) is 31.6 Å². The predicted octanol–water partition coefficient (Wildman–Crippen LogP) is 4.86. The Morgan fingerprint density at radius 1 is 1.07 bits per heavy atom. The molecule has 1 aromatic carbocycles. The molecule has 1 unspecified atom stereocenters. The molecule has 1 saturated heterocycles. The minimum atomic E-state index is -0.366. The van der Waals surface area contributed by atoms with Crippen molar-refractivity contribution < 1.29 is 19.1 Å². The number of carbonyl (C=O) groups is 2. The fourth-order valence-electron chi connectivity index (χ4n) is 7.37. The third kappa shape index (κ3) is 4.36. The second-order valence-corrected chi connectivity index (χ2v) is 11.4. The van der Waals surface area contributed by atoms with Gasteiger partial charge in [0.2, 0.25) is 5.91 Å². The van der Waals surface area contributed by atoms with Crippen LogP contribution in [0.25, 0.3) is 11.0 Å². The van der Waals surface area contributed by atoms with E-state index >= 15 is 0 Å². The summed E-state index contributed by atoms with van der Waals surface area (Å²) in [6.45, 7) is 1.61. The Hall–Kier alpha value is -4.06. The van der Waals surface area contributed by atoms with E-state index in [4.69, 9.17) is 14.5 Å². The molecule has 40 heavy (non-hydrogen) atoms. The van der Waals surface area contributed by atoms with Crippen LogP contribution < -0.4 is 14.8 Å². The molecule has 1 N–H and O–H groups in total. The van der Waals surface area contributed by atoms with Crippen LogP contribution in [0.15, 0.2) is 30.6 Å². The van der Waals surface area contributed by atoms with E-state index in [0.717, 1.165) is 49.8 Å². The third-order valence-corrected chi connectivity index (χ3v) is 9.21. The second-order valence-electron chi connectivity index (χ2n) is 11.4. The van der Waals surface area contributed by atoms with Gasteiger partial charge in [0, 0.05) is 37.8 Å². The fraction of sp³-hybridized carbons (Fsp3) is 0.484. The van der Waals surface area contributed by atoms with Crippen molar-refractivity contribution in [2.24, 2.45) is 24.8 Å². The first-order chi connectivity index (χ1) is 19.4. The Labute approximate surface area is 234 Å². The van der Waals surface area contributed by atoms with Gasteiger partial charge in [-0.05, 0) is 67.2 Å². The molecule has 3 heterocycles. The van der Waals surface area contributed by atoms with Crippen molar-refractivity contribution in [3.8, 4) is 17.6 Å². The molecule has 3 aromatic rings. The number of methoxy groups -OCH3 is 2. The number of hydrogen-bond acceptors (Lipinski definition) is 6. The quantitative estimate of drug-likeness (QED) is 0.478. The summed E-state index contributed by atoms with van der Waals surface area (Å²) in [4.78, 5) is 33.3. The van der Waals surface area contributed by atoms with Gasteiger partial charge in [0.1, 0.15) is 23.2 Å². The number of benzene rings is 1. The maximum atomic E-state index is 13.2. The molecule has 6 rings (SSSR count). The zero-order valence-electron chi connectivity index (χ0n) is 23.3. The first kappa shape index (κ1) is 26.2. The van der Waals surface area contributed by atoms with Gasteiger partial charge in [0.05, 0.1) is 31.4 Å². The zero-order valence-corrected chi connectivity index (χ0v) is 23.3. The topological polar surface area (TPSA) is 109 Å². The normalized spacial score (nSPS) is 22.4. The van der Waals surface area contributed by atoms with E-state index in [0.29, 0.717) is 46.4 Å². The number of pyridine rings is 1. The molecule has 9 nitrogen and oxygen atoms in total. The van der Waals surface area contributed by atoms with Gasteiger partial charge in [-0.1, -0.05) is 12.8 Å². The van der Waals surface area contributed by atoms with Gasteiger partial charge in [0.25, 0.3) is 5.91 Å². The molecule has 2 aromatic heterocycles. The maximum absolute atomic E-state index is 13.2. The smallest absolute Gasteiger partial charge is 0.255 e. The van der Waals surface area contributed by atoms with Crippen LogP contribution in [0.3, 0.4) is 0 Å². The number of piperidine rings is 1. The highest BCUT2D eigenvalue weighted by molar-refractivity contribution is 6.07. The lowest BCUT2D eigenvalue weighted by atomic mass is 9.79. The summed E-state index contributed by atoms with van der Waals surface area (Å²) in [7, 11) is 5.08. The Morgan fingerprint density at radius 3 is 2.45 bits per heavy atom. The van der Waals surface area contributed by atoms with Crippen molar-refractivity contribution in [2.45, 2.75) is 44.4 Å². The predicted molar refractivity (Wildman–Crippen MR) is 150 cm³/mol. The van der Waals surface area contributed by atoms with E-state index in [9.17, 15) is 14.9 Å². The summed E-state index contributed by atoms with van der Waals surface area (Å²) in [6, 6.07) is 6.82. The molecule has 3 aliphatic rings. The summed E-state index contributed by atoms with van der Waals surface area (Å²) in [6.07, 6.45) is 10.4. The number of nitrogens with one attached hydrogen (secondary N) is 1. The number of fused-ring (bicyclic) bond motifs is 3. The lowest BCUT2D eigenvalue weighted by Gasteiger charge is -2.39. The molecule has 0 spiro atoms. The van der Waals surface area contributed by atoms with Crippen LogP contribution >= 0.6 is 0 Å². The van der Waals surface area contributed by atoms with E-state index in [2.05, 4.69) is 22.5 Å². The van der Waals surface area contributed by atoms with Gasteiger partial charge in [-0.15, -0.1) is 0 Å². The van der Waals surface area contributed by atoms with Gasteiger partial charge in [-0.25, -0.2) is 4.98 Å². The van der Waals surface area contributed by atoms with E-state index in [1.54, 1.807) is 25.4 Å². The number of nitriles is 1. The summed E-state index contributed by atoms with van der Waals surface area (Å²) in [5.41, 5.74) is 3.07. The number of likely N-dealkylation sites (tertiary alicyclic amines) is 1. The summed E-state index contributed by atoms with van der Waals surface area (Å²) < 4.78 is 13.2. The highest BCUT2D eigenvalue weighted by Crippen LogP contribution is 2.52. The van der Waals surface area contributed by atoms with E-state index < -0.39 is 0 Å². The number of aryl methyl sites for hydroxylation is 1. The zero-order chi connectivity index (χ0) is 28.0. The molecule has 2 saturated carbocycles. The van der Waals surface area contributed by atoms with Crippen molar-refractivity contribution in [1.82, 2.24) is 14.5 Å². The number of nitrogens with zero attached hydrogens (tertiary/aromatic N) is 4. The van der Waals surface area contributed by atoms with Gasteiger partial charge < -0.3 is 24.3 Å². The molecule has 3 atom stereocenters. The number of hydrogen-bond donors (Lipinski definition) is 1. The van der Waals surface area contributed by atoms with Gasteiger partial charge >= 0.3 is 0 Å². The van der Waals surface area contributed by atoms with Crippen molar-refractivity contribution in [3.05, 3.63) is 47.3 Å². The van der Waals surface area contributed by atoms with Crippen LogP contribution in [-0.2, 0) is 11.8 Å². The van der Waals surface area contributed by atoms with Crippen LogP contribution in [0.2, 0.25) is 0 Å². The highest BCUT2D eigenvalue weighted by atomic mass is 16.5. The first-order valence-corrected chi connectivity index (χ1v) is 14.1. The third-order valence-electron chi connectivity index (χ3n) is 9.21. The van der Waals surface area contributed by atoms with Crippen LogP contribution in [-0.4, -0.2) is 53.6 Å². The van der Waals surface area contributed by atoms with Crippen LogP contribution in [0.4, 0.5) is 5.69 Å². The van der Waals surface area contributed by atoms with Crippen LogP contribution in [0.5, 0.6) is 11.5 Å². The SMILES string of the molecule is COc1ccc(C(=O)Nc2cnc3c(c(C4[C@@H]5CC[C@H]4CN(C(=O)C4CCCC4)C5)cn3C)c2OC)cc1C#N. The molecule has 1 aliphatic heterocycles. The van der Waals surface area contributed by atoms with Gasteiger partial charge in [0.15, 0.2) is 5.75 Å². The molecule has 9 heteroatoms. The molecule has 2 aliphatic carbocycles. The molecule has 3 fully saturated rings. The largest absolute Gasteiger partial charge is 0.495 e. The standard InChI is InChI=1S/C31H35N5O4/c1-35-17-23(26-20-8-9-21(26)16-36(15-20)31(38)18-6-4-5-7-18)27-28(40-3)24(14-33-29(27)35)34-30(37)19-10-11-25(39-2)22(12-19)13-32/h10-12,14,17-18,20-21,26H,4-9,15-16H2,1-3H3,(H,34,37)/t20-,21+,26?. The Kier molecular flexibility index (Phi) is 6.87. The minimum absolute atomic E-state index is 0.207. The number of amides is 2. The van der Waals surface area contributed by atoms with E-state index in [1.807, 2.05) is 11.6 Å². The van der Waals surface area contributed by atoms with Crippen molar-refractivity contribution >= 4 is 28.5 Å². The van der Waals surface area contributed by atoms with Crippen molar-refractivity contribution in [3.63, 3.8) is 0 Å². The summed E-state index contributed by atoms with van der Waals surface area (Å²) in [5.74, 6) is 2.27. The number of aromatic nitrogens is 2. The highest BCUT2D eigenvalue weighted by Gasteiger charge is 2.46. The average molecular weight is 542 g/mol. The minimum Gasteiger partial charge on any atom is -0.495 e. The monoisotopic (exact) mass is 541 g/mol. The molecule has 208 valence electrons. The van der Waals surface area contributed by atoms with Crippen LogP contribution in [0, 0.1) is 29.1 Å². The lowest BCUT2D eigenvalue weighted by molar-refractivity contribution is -0.137. The molecular formula is C31H35N5O4. The number of ether oxygens (including phenoxy) is 2. The Bertz CT molecular complexity index is 1500. The Balaban J connectivity index is 1.31. The average Bonchev–Trinajstić information content (AvgIpc) is 3.68. The van der Waals surface area contributed by atoms with E-state index in [-0.39, 0.29) is 17.4 Å². The van der Waals surface area contributed by atoms with Crippen LogP contribution in [0.1, 0.15) is 65.9 Å². The second kappa shape index (κ2) is 10.5. The number of anilines is 1. The number of carbonyl (C=O) groups excluding carboxylic acids is 2. The maximum Gasteiger partial charge on any atom is 0.255 e. The van der Waals surface area contributed by atoms with Crippen molar-refractivity contribution in [1.29, 1.82) is 5.26 Å². The molecule has 2 amide bonds. The lowest BCUT2D eigenvalue weighted by Crippen LogP contribution is -2.46. The first-order valence-electron chi connectivity index (χ1n) is 14.1. The van der Waals surface area contributed by atoms with Gasteiger partial charge in [-0.3, -0.25) is 9.59 Å². The fourth-order valence-corrected chi connectivity index (χ4v) is 7.37. The Morgan fingerprint density at radius 2 is 1.80 bits per heavy atom. The molecule has 2 bridgehead atoms. The van der Waals surface area contributed by atoms with Crippen molar-refractivity contribution in [2.75, 3.05) is 32.6 Å². The molecule has 0 radical (unpaired) electrons. The summed E-state index contributed by atoms with van der Waals surface area (Å²) >= 11 is 0. The summed E-state index contributed by atoms with van der Waals surface area (Å²) in [5, 5.41) is 13.3. The molecular weight excluding hydrogens is 506 g/mol.